The first-order chi connectivity index (χ1) is 59.4. The van der Waals surface area contributed by atoms with Crippen molar-refractivity contribution in [3.63, 3.8) is 0 Å². The number of carbonyl (C=O) groups is 8. The molecule has 6 aliphatic heterocycles. The van der Waals surface area contributed by atoms with E-state index in [4.69, 9.17) is 66.8 Å². The van der Waals surface area contributed by atoms with Gasteiger partial charge in [-0.1, -0.05) is 86.2 Å². The SMILES string of the molecule is COc1cc2c(cc1OCCCCCOc1cc3c(cc1OC)C(=O)N1C=C(c4ccc(N5CCN(C)CC5)cc4)C[C@H]1C=N3)N=C[C@@H]1CC(c3ccc(NC(=O)[C@H](C)NC(=O)[C@@H](NC(=O)CCOCCOCCOCCOCCOCCOCCOCCOCCNC(=O)CCN4C(=O)CC(/C5=C/C=C\C=C/C=C\C5)C4=O)C(C)C)cc3)=CN1C2=O. The van der Waals surface area contributed by atoms with Crippen LogP contribution in [-0.4, -0.2) is 283 Å². The Labute approximate surface area is 713 Å². The number of nitrogens with zero attached hydrogens (tertiary/aromatic N) is 7. The summed E-state index contributed by atoms with van der Waals surface area (Å²) >= 11 is 0. The van der Waals surface area contributed by atoms with Gasteiger partial charge in [-0.3, -0.25) is 53.2 Å². The van der Waals surface area contributed by atoms with E-state index in [1.165, 1.54) is 17.7 Å². The summed E-state index contributed by atoms with van der Waals surface area (Å²) in [6.45, 7) is 15.9. The minimum atomic E-state index is -0.941. The third-order valence-electron chi connectivity index (χ3n) is 21.5. The first kappa shape index (κ1) is 92.0. The van der Waals surface area contributed by atoms with E-state index < -0.39 is 29.8 Å². The standard InChI is InChI=1S/C91H117N11O20/c1-63(2)86(97-84(104)27-36-113-38-40-115-42-44-117-46-48-119-50-51-120-49-47-118-45-43-116-41-39-114-37-28-92-83(103)26-29-100-85(105)56-74(89(100)108)67-16-12-9-7-8-10-13-17-67)88(107)95-64(3)87(106)96-70-22-18-65(19-23-70)68-52-72-59-93-77-57-81(79(111-5)54-75(77)90(109)101(72)61-68)121-34-14-11-15-35-122-82-58-78-76(55-80(82)112-6)91(110)102-62-69(53-73(102)60-94-78)66-20-24-71(25-21-66)99-32-30-98(4)31-33-99/h7-10,12-13,16,18-25,54-55,57-64,72-74,86H,11,14-15,17,26-53,56H2,1-6H3,(H,92,103)(H,95,107)(H,96,106)(H,97,104)/b8-7-,12-9-,13-10-,67-16+/t64-,72-,73-,74?,86-/m0/s1. The monoisotopic (exact) mass is 1680 g/mol. The first-order valence-electron chi connectivity index (χ1n) is 42.2. The molecule has 122 heavy (non-hydrogen) atoms. The van der Waals surface area contributed by atoms with E-state index in [1.54, 1.807) is 80.3 Å². The molecule has 0 saturated carbocycles. The summed E-state index contributed by atoms with van der Waals surface area (Å²) in [5, 5.41) is 11.1. The van der Waals surface area contributed by atoms with Gasteiger partial charge in [0, 0.05) is 120 Å². The molecule has 1 unspecified atom stereocenters. The smallest absolute Gasteiger partial charge is 0.260 e. The number of carbonyl (C=O) groups excluding carboxylic acids is 8. The van der Waals surface area contributed by atoms with Crippen LogP contribution in [0.1, 0.15) is 110 Å². The molecule has 656 valence electrons. The summed E-state index contributed by atoms with van der Waals surface area (Å²) < 4.78 is 68.4. The van der Waals surface area contributed by atoms with E-state index in [0.717, 1.165) is 66.9 Å². The maximum Gasteiger partial charge on any atom is 0.260 e. The molecule has 0 spiro atoms. The Morgan fingerprint density at radius 1 is 0.508 bits per heavy atom. The number of rotatable bonds is 50. The van der Waals surface area contributed by atoms with E-state index in [9.17, 15) is 38.4 Å². The molecular formula is C91H117N11O20. The number of fused-ring (bicyclic) bond motifs is 4. The zero-order valence-corrected chi connectivity index (χ0v) is 70.9. The predicted molar refractivity (Wildman–Crippen MR) is 462 cm³/mol. The molecule has 0 radical (unpaired) electrons. The van der Waals surface area contributed by atoms with E-state index in [1.807, 2.05) is 73.3 Å². The van der Waals surface area contributed by atoms with Crippen molar-refractivity contribution in [2.45, 2.75) is 103 Å². The Bertz CT molecular complexity index is 4460. The highest BCUT2D eigenvalue weighted by atomic mass is 16.6. The number of hydrogen-bond donors (Lipinski definition) is 4. The summed E-state index contributed by atoms with van der Waals surface area (Å²) in [4.78, 5) is 125. The summed E-state index contributed by atoms with van der Waals surface area (Å²) in [6, 6.07) is 20.4. The summed E-state index contributed by atoms with van der Waals surface area (Å²) in [5.41, 5.74) is 8.34. The van der Waals surface area contributed by atoms with Crippen LogP contribution < -0.4 is 45.1 Å². The maximum atomic E-state index is 14.2. The molecule has 2 fully saturated rings. The molecule has 8 amide bonds. The topological polar surface area (TPSA) is 336 Å². The third-order valence-corrected chi connectivity index (χ3v) is 21.5. The molecule has 6 heterocycles. The lowest BCUT2D eigenvalue weighted by molar-refractivity contribution is -0.139. The normalized spacial score (nSPS) is 19.1. The van der Waals surface area contributed by atoms with Gasteiger partial charge in [0.05, 0.1) is 174 Å². The number of imide groups is 1. The molecule has 0 aromatic heterocycles. The Kier molecular flexibility index (Phi) is 36.3. The van der Waals surface area contributed by atoms with Gasteiger partial charge in [-0.2, -0.15) is 0 Å². The molecule has 1 aliphatic carbocycles. The van der Waals surface area contributed by atoms with E-state index >= 15 is 0 Å². The molecule has 31 heteroatoms. The van der Waals surface area contributed by atoms with Gasteiger partial charge in [0.2, 0.25) is 35.4 Å². The predicted octanol–water partition coefficient (Wildman–Crippen LogP) is 9.01. The van der Waals surface area contributed by atoms with Crippen molar-refractivity contribution in [3.05, 3.63) is 156 Å². The van der Waals surface area contributed by atoms with Gasteiger partial charge in [-0.25, -0.2) is 0 Å². The van der Waals surface area contributed by atoms with Crippen molar-refractivity contribution in [2.24, 2.45) is 21.8 Å². The lowest BCUT2D eigenvalue weighted by Gasteiger charge is -2.34. The molecular weight excluding hydrogens is 1570 g/mol. The minimum Gasteiger partial charge on any atom is -0.493 e. The van der Waals surface area contributed by atoms with Crippen LogP contribution in [0.2, 0.25) is 0 Å². The number of nitrogens with one attached hydrogen (secondary N) is 4. The number of benzene rings is 4. The molecule has 7 aliphatic rings. The Morgan fingerprint density at radius 3 is 1.52 bits per heavy atom. The van der Waals surface area contributed by atoms with Crippen LogP contribution in [0, 0.1) is 11.8 Å². The van der Waals surface area contributed by atoms with Crippen LogP contribution in [0.3, 0.4) is 0 Å². The lowest BCUT2D eigenvalue weighted by atomic mass is 9.94. The number of ether oxygens (including phenoxy) is 12. The molecule has 2 saturated heterocycles. The number of unbranched alkanes of at least 4 members (excludes halogenated alkanes) is 2. The van der Waals surface area contributed by atoms with Crippen LogP contribution >= 0.6 is 0 Å². The minimum absolute atomic E-state index is 0.0126. The average molecular weight is 1680 g/mol. The van der Waals surface area contributed by atoms with Crippen molar-refractivity contribution in [3.8, 4) is 23.0 Å². The summed E-state index contributed by atoms with van der Waals surface area (Å²) in [6.07, 6.45) is 24.8. The fourth-order valence-corrected chi connectivity index (χ4v) is 14.6. The second-order valence-corrected chi connectivity index (χ2v) is 30.6. The summed E-state index contributed by atoms with van der Waals surface area (Å²) in [5.74, 6) is -1.47. The second-order valence-electron chi connectivity index (χ2n) is 30.6. The number of amides is 8. The van der Waals surface area contributed by atoms with Gasteiger partial charge in [0.25, 0.3) is 11.8 Å². The molecule has 5 atom stereocenters. The fourth-order valence-electron chi connectivity index (χ4n) is 14.6. The van der Waals surface area contributed by atoms with Gasteiger partial charge < -0.3 is 97.7 Å². The fraction of sp³-hybridized carbons (Fsp3) is 0.495. The quantitative estimate of drug-likeness (QED) is 0.0236. The van der Waals surface area contributed by atoms with Gasteiger partial charge in [-0.05, 0) is 104 Å². The van der Waals surface area contributed by atoms with Crippen molar-refractivity contribution in [2.75, 3.05) is 190 Å². The largest absolute Gasteiger partial charge is 0.493 e. The van der Waals surface area contributed by atoms with Gasteiger partial charge >= 0.3 is 0 Å². The highest BCUT2D eigenvalue weighted by molar-refractivity contribution is 6.08. The number of piperazine rings is 1. The number of hydrogen-bond acceptors (Lipinski definition) is 24. The molecule has 0 bridgehead atoms. The van der Waals surface area contributed by atoms with E-state index in [2.05, 4.69) is 62.4 Å². The van der Waals surface area contributed by atoms with Crippen molar-refractivity contribution >= 4 is 93.6 Å². The number of allylic oxidation sites excluding steroid dienone is 7. The van der Waals surface area contributed by atoms with Gasteiger partial charge in [0.1, 0.15) is 12.1 Å². The third kappa shape index (κ3) is 27.1. The Hall–Kier alpha value is -10.7. The van der Waals surface area contributed by atoms with E-state index in [0.29, 0.717) is 189 Å². The van der Waals surface area contributed by atoms with Crippen molar-refractivity contribution in [1.82, 2.24) is 35.6 Å². The molecule has 4 aromatic rings. The highest BCUT2D eigenvalue weighted by Gasteiger charge is 2.41. The van der Waals surface area contributed by atoms with Gasteiger partial charge in [-0.15, -0.1) is 0 Å². The van der Waals surface area contributed by atoms with Gasteiger partial charge in [0.15, 0.2) is 23.0 Å². The number of aliphatic imine (C=N–C) groups is 2. The van der Waals surface area contributed by atoms with E-state index in [-0.39, 0.29) is 92.5 Å². The highest BCUT2D eigenvalue weighted by Crippen LogP contribution is 2.43. The Balaban J connectivity index is 0.479. The van der Waals surface area contributed by atoms with Crippen LogP contribution in [0.5, 0.6) is 23.0 Å². The summed E-state index contributed by atoms with van der Waals surface area (Å²) in [7, 11) is 5.25. The molecule has 4 N–H and O–H groups in total. The van der Waals surface area contributed by atoms with Crippen molar-refractivity contribution < 1.29 is 95.2 Å². The number of anilines is 2. The van der Waals surface area contributed by atoms with Crippen molar-refractivity contribution in [1.29, 1.82) is 0 Å². The van der Waals surface area contributed by atoms with Crippen LogP contribution in [0.15, 0.2) is 143 Å². The number of likely N-dealkylation sites (N-methyl/N-ethyl adjacent to an activating group) is 1. The Morgan fingerprint density at radius 2 is 1.00 bits per heavy atom. The van der Waals surface area contributed by atoms with Crippen LogP contribution in [-0.2, 0) is 66.7 Å². The zero-order chi connectivity index (χ0) is 86.0. The molecule has 11 rings (SSSR count). The zero-order valence-electron chi connectivity index (χ0n) is 70.9. The molecule has 31 nitrogen and oxygen atoms in total. The van der Waals surface area contributed by atoms with Crippen LogP contribution in [0.4, 0.5) is 22.7 Å². The van der Waals surface area contributed by atoms with Crippen LogP contribution in [0.25, 0.3) is 11.1 Å². The maximum absolute atomic E-state index is 14.2. The number of likely N-dealkylation sites (tertiary alicyclic amines) is 1. The first-order valence-corrected chi connectivity index (χ1v) is 42.2. The number of methoxy groups -OCH3 is 2. The molecule has 4 aromatic carbocycles. The second kappa shape index (κ2) is 48.2. The lowest BCUT2D eigenvalue weighted by Crippen LogP contribution is -2.53. The average Bonchev–Trinajstić information content (AvgIpc) is 1.63.